The first-order valence-corrected chi connectivity index (χ1v) is 10.8. The number of nitrogens with zero attached hydrogens (tertiary/aromatic N) is 1. The largest absolute Gasteiger partial charge is 0.547 e. The summed E-state index contributed by atoms with van der Waals surface area (Å²) in [6.07, 6.45) is 2.75. The second-order valence-electron chi connectivity index (χ2n) is 8.58. The number of hydrogen-bond acceptors (Lipinski definition) is 6. The summed E-state index contributed by atoms with van der Waals surface area (Å²) in [7, 11) is -1.27. The predicted octanol–water partition coefficient (Wildman–Crippen LogP) is 0.924. The molecule has 0 saturated carbocycles. The summed E-state index contributed by atoms with van der Waals surface area (Å²) in [5.74, 6) is -1.27. The predicted molar refractivity (Wildman–Crippen MR) is 115 cm³/mol. The molecule has 1 aromatic rings. The minimum atomic E-state index is -1.27. The van der Waals surface area contributed by atoms with Crippen LogP contribution in [-0.2, 0) is 11.2 Å². The molecule has 1 atom stereocenters. The van der Waals surface area contributed by atoms with Crippen molar-refractivity contribution < 1.29 is 24.4 Å². The summed E-state index contributed by atoms with van der Waals surface area (Å²) >= 11 is 0. The third-order valence-electron chi connectivity index (χ3n) is 5.86. The van der Waals surface area contributed by atoms with Crippen molar-refractivity contribution in [3.8, 4) is 5.75 Å². The van der Waals surface area contributed by atoms with E-state index in [1.165, 1.54) is 6.07 Å². The quantitative estimate of drug-likeness (QED) is 0.466. The number of para-hydroxylation sites is 1. The first-order valence-electron chi connectivity index (χ1n) is 10.8. The highest BCUT2D eigenvalue weighted by molar-refractivity contribution is 6.47. The summed E-state index contributed by atoms with van der Waals surface area (Å²) < 4.78 is 5.44. The number of fused-ring (bicyclic) bond motifs is 1. The van der Waals surface area contributed by atoms with Crippen LogP contribution in [0.15, 0.2) is 18.2 Å². The third-order valence-corrected chi connectivity index (χ3v) is 5.86. The van der Waals surface area contributed by atoms with Gasteiger partial charge in [-0.3, -0.25) is 4.79 Å². The molecule has 1 amide bonds. The van der Waals surface area contributed by atoms with E-state index < -0.39 is 19.0 Å². The number of carbonyl (C=O) groups is 2. The Bertz CT molecular complexity index is 752. The minimum absolute atomic E-state index is 0.0201. The van der Waals surface area contributed by atoms with Crippen LogP contribution in [0.1, 0.15) is 49.0 Å². The van der Waals surface area contributed by atoms with E-state index >= 15 is 0 Å². The average Bonchev–Trinajstić information content (AvgIpc) is 2.69. The van der Waals surface area contributed by atoms with Gasteiger partial charge in [-0.2, -0.15) is 0 Å². The standard InChI is InChI=1S/C21H32BN3O5/c1-14(2)23-8-11-25-9-6-15(7-10-25)12-19(26)24-18-13-16-4-3-5-17(21(27)28)20(16)30-22(18)29/h3-5,14-15,18,23,29H,6-13H2,1-2H3,(H,24,26)(H,27,28)/t18-/m0/s1. The summed E-state index contributed by atoms with van der Waals surface area (Å²) in [5, 5.41) is 25.9. The van der Waals surface area contributed by atoms with Crippen LogP contribution in [0.3, 0.4) is 0 Å². The molecule has 0 radical (unpaired) electrons. The smallest absolute Gasteiger partial charge is 0.534 e. The van der Waals surface area contributed by atoms with Crippen molar-refractivity contribution in [3.63, 3.8) is 0 Å². The van der Waals surface area contributed by atoms with Crippen LogP contribution in [0.25, 0.3) is 0 Å². The highest BCUT2D eigenvalue weighted by Gasteiger charge is 2.38. The van der Waals surface area contributed by atoms with Gasteiger partial charge in [-0.25, -0.2) is 4.79 Å². The molecule has 8 nitrogen and oxygen atoms in total. The summed E-state index contributed by atoms with van der Waals surface area (Å²) in [5.41, 5.74) is 0.695. The number of likely N-dealkylation sites (tertiary alicyclic amines) is 1. The zero-order chi connectivity index (χ0) is 21.7. The maximum Gasteiger partial charge on any atom is 0.547 e. The summed E-state index contributed by atoms with van der Waals surface area (Å²) in [6.45, 7) is 8.29. The van der Waals surface area contributed by atoms with Crippen molar-refractivity contribution in [1.82, 2.24) is 15.5 Å². The summed E-state index contributed by atoms with van der Waals surface area (Å²) in [4.78, 5) is 26.3. The van der Waals surface area contributed by atoms with Crippen molar-refractivity contribution >= 4 is 19.0 Å². The fourth-order valence-electron chi connectivity index (χ4n) is 4.17. The van der Waals surface area contributed by atoms with E-state index in [0.29, 0.717) is 30.4 Å². The van der Waals surface area contributed by atoms with E-state index in [4.69, 9.17) is 4.65 Å². The second-order valence-corrected chi connectivity index (χ2v) is 8.58. The Morgan fingerprint density at radius 3 is 2.70 bits per heavy atom. The fourth-order valence-corrected chi connectivity index (χ4v) is 4.17. The molecule has 0 aromatic heterocycles. The average molecular weight is 417 g/mol. The lowest BCUT2D eigenvalue weighted by Crippen LogP contribution is -2.53. The van der Waals surface area contributed by atoms with Crippen LogP contribution >= 0.6 is 0 Å². The van der Waals surface area contributed by atoms with Crippen molar-refractivity contribution in [3.05, 3.63) is 29.3 Å². The van der Waals surface area contributed by atoms with Crippen molar-refractivity contribution in [2.45, 2.75) is 51.5 Å². The highest BCUT2D eigenvalue weighted by Crippen LogP contribution is 2.30. The van der Waals surface area contributed by atoms with Crippen molar-refractivity contribution in [2.75, 3.05) is 26.2 Å². The molecule has 4 N–H and O–H groups in total. The minimum Gasteiger partial charge on any atom is -0.534 e. The Kier molecular flexibility index (Phi) is 7.74. The molecule has 2 aliphatic heterocycles. The molecule has 1 fully saturated rings. The first-order chi connectivity index (χ1) is 14.3. The number of amides is 1. The highest BCUT2D eigenvalue weighted by atomic mass is 16.5. The molecule has 0 unspecified atom stereocenters. The van der Waals surface area contributed by atoms with Gasteiger partial charge in [-0.05, 0) is 49.9 Å². The Labute approximate surface area is 178 Å². The number of rotatable bonds is 8. The van der Waals surface area contributed by atoms with Gasteiger partial charge in [0.05, 0.1) is 11.5 Å². The molecule has 2 aliphatic rings. The SMILES string of the molecule is CC(C)NCCN1CCC(CC(=O)N[C@H]2Cc3cccc(C(=O)O)c3OB2O)CC1. The van der Waals surface area contributed by atoms with Gasteiger partial charge >= 0.3 is 13.1 Å². The topological polar surface area (TPSA) is 111 Å². The van der Waals surface area contributed by atoms with E-state index in [1.54, 1.807) is 12.1 Å². The number of hydrogen-bond donors (Lipinski definition) is 4. The number of aromatic carboxylic acids is 1. The Hall–Kier alpha value is -2.10. The van der Waals surface area contributed by atoms with E-state index in [9.17, 15) is 19.7 Å². The van der Waals surface area contributed by atoms with E-state index in [0.717, 1.165) is 39.0 Å². The molecule has 9 heteroatoms. The van der Waals surface area contributed by atoms with E-state index in [1.807, 2.05) is 0 Å². The van der Waals surface area contributed by atoms with Crippen LogP contribution in [0.4, 0.5) is 0 Å². The first kappa shape index (κ1) is 22.6. The maximum atomic E-state index is 12.5. The van der Waals surface area contributed by atoms with Crippen molar-refractivity contribution in [1.29, 1.82) is 0 Å². The normalized spacial score (nSPS) is 20.0. The summed E-state index contributed by atoms with van der Waals surface area (Å²) in [6, 6.07) is 5.34. The van der Waals surface area contributed by atoms with Crippen molar-refractivity contribution in [2.24, 2.45) is 5.92 Å². The van der Waals surface area contributed by atoms with Crippen LogP contribution in [0.2, 0.25) is 0 Å². The Balaban J connectivity index is 1.46. The molecule has 2 heterocycles. The van der Waals surface area contributed by atoms with Gasteiger partial charge in [0.25, 0.3) is 0 Å². The zero-order valence-electron chi connectivity index (χ0n) is 17.8. The number of carboxylic acids is 1. The molecule has 164 valence electrons. The number of nitrogens with one attached hydrogen (secondary N) is 2. The monoisotopic (exact) mass is 417 g/mol. The van der Waals surface area contributed by atoms with E-state index in [-0.39, 0.29) is 17.2 Å². The molecular weight excluding hydrogens is 385 g/mol. The lowest BCUT2D eigenvalue weighted by atomic mass is 9.72. The number of piperidine rings is 1. The maximum absolute atomic E-state index is 12.5. The molecule has 0 spiro atoms. The van der Waals surface area contributed by atoms with Crippen LogP contribution in [0, 0.1) is 5.92 Å². The molecule has 1 aromatic carbocycles. The second kappa shape index (κ2) is 10.3. The van der Waals surface area contributed by atoms with Gasteiger partial charge in [0, 0.05) is 25.6 Å². The van der Waals surface area contributed by atoms with E-state index in [2.05, 4.69) is 29.4 Å². The molecule has 1 saturated heterocycles. The Morgan fingerprint density at radius 1 is 1.30 bits per heavy atom. The van der Waals surface area contributed by atoms with Crippen LogP contribution in [0.5, 0.6) is 5.75 Å². The van der Waals surface area contributed by atoms with Gasteiger partial charge < -0.3 is 30.3 Å². The molecule has 0 bridgehead atoms. The molecular formula is C21H32BN3O5. The number of carboxylic acid groups (broad SMARTS) is 1. The third kappa shape index (κ3) is 5.96. The lowest BCUT2D eigenvalue weighted by Gasteiger charge is -2.33. The molecule has 3 rings (SSSR count). The van der Waals surface area contributed by atoms with Gasteiger partial charge in [-0.1, -0.05) is 26.0 Å². The number of carbonyl (C=O) groups excluding carboxylic acids is 1. The molecule has 30 heavy (non-hydrogen) atoms. The van der Waals surface area contributed by atoms with Gasteiger partial charge in [0.15, 0.2) is 0 Å². The lowest BCUT2D eigenvalue weighted by molar-refractivity contribution is -0.122. The van der Waals surface area contributed by atoms with Gasteiger partial charge in [0.1, 0.15) is 5.75 Å². The van der Waals surface area contributed by atoms with Gasteiger partial charge in [0.2, 0.25) is 5.91 Å². The fraction of sp³-hybridized carbons (Fsp3) is 0.619. The van der Waals surface area contributed by atoms with Crippen LogP contribution in [-0.4, -0.2) is 72.2 Å². The Morgan fingerprint density at radius 2 is 2.03 bits per heavy atom. The zero-order valence-corrected chi connectivity index (χ0v) is 17.8. The van der Waals surface area contributed by atoms with Crippen LogP contribution < -0.4 is 15.3 Å². The number of benzene rings is 1. The van der Waals surface area contributed by atoms with Gasteiger partial charge in [-0.15, -0.1) is 0 Å². The molecule has 0 aliphatic carbocycles.